The number of hydrogen-bond donors (Lipinski definition) is 0. The lowest BCUT2D eigenvalue weighted by atomic mass is 10.1. The van der Waals surface area contributed by atoms with E-state index in [1.54, 1.807) is 0 Å². The van der Waals surface area contributed by atoms with E-state index in [1.165, 1.54) is 27.8 Å². The Morgan fingerprint density at radius 1 is 0.778 bits per heavy atom. The fourth-order valence-corrected chi connectivity index (χ4v) is 2.27. The number of rotatable bonds is 3. The van der Waals surface area contributed by atoms with Crippen LogP contribution >= 0.6 is 0 Å². The molecular weight excluding hydrogens is 220 g/mol. The zero-order valence-corrected chi connectivity index (χ0v) is 11.6. The maximum atomic E-state index is 5.89. The summed E-state index contributed by atoms with van der Waals surface area (Å²) in [4.78, 5) is 0. The van der Waals surface area contributed by atoms with Gasteiger partial charge in [-0.3, -0.25) is 0 Å². The fourth-order valence-electron chi connectivity index (χ4n) is 2.27. The molecule has 0 radical (unpaired) electrons. The number of benzene rings is 2. The van der Waals surface area contributed by atoms with Gasteiger partial charge >= 0.3 is 0 Å². The Morgan fingerprint density at radius 2 is 1.44 bits per heavy atom. The summed E-state index contributed by atoms with van der Waals surface area (Å²) in [5.74, 6) is 0.972. The second kappa shape index (κ2) is 5.26. The maximum absolute atomic E-state index is 5.89. The van der Waals surface area contributed by atoms with E-state index in [0.717, 1.165) is 5.75 Å². The van der Waals surface area contributed by atoms with Crippen LogP contribution in [0.2, 0.25) is 0 Å². The molecule has 0 amide bonds. The van der Waals surface area contributed by atoms with E-state index in [4.69, 9.17) is 4.74 Å². The topological polar surface area (TPSA) is 9.23 Å². The summed E-state index contributed by atoms with van der Waals surface area (Å²) in [6.07, 6.45) is 0. The third-order valence-electron chi connectivity index (χ3n) is 3.01. The van der Waals surface area contributed by atoms with Gasteiger partial charge in [0.15, 0.2) is 0 Å². The SMILES string of the molecule is Cc1cc(C)cc(COc2ccc(C)cc2C)c1. The fraction of sp³-hybridized carbons (Fsp3) is 0.294. The van der Waals surface area contributed by atoms with Crippen LogP contribution in [-0.4, -0.2) is 0 Å². The van der Waals surface area contributed by atoms with Gasteiger partial charge in [-0.25, -0.2) is 0 Å². The normalized spacial score (nSPS) is 10.4. The van der Waals surface area contributed by atoms with Gasteiger partial charge in [0, 0.05) is 0 Å². The Kier molecular flexibility index (Phi) is 3.71. The Morgan fingerprint density at radius 3 is 2.06 bits per heavy atom. The van der Waals surface area contributed by atoms with Gasteiger partial charge in [-0.05, 0) is 44.9 Å². The lowest BCUT2D eigenvalue weighted by Gasteiger charge is -2.11. The molecule has 0 bridgehead atoms. The smallest absolute Gasteiger partial charge is 0.122 e. The van der Waals surface area contributed by atoms with Gasteiger partial charge in [0.25, 0.3) is 0 Å². The average Bonchev–Trinajstić information content (AvgIpc) is 2.26. The second-order valence-electron chi connectivity index (χ2n) is 5.05. The molecule has 0 aromatic heterocycles. The van der Waals surface area contributed by atoms with Crippen molar-refractivity contribution >= 4 is 0 Å². The summed E-state index contributed by atoms with van der Waals surface area (Å²) in [5.41, 5.74) is 6.27. The Hall–Kier alpha value is -1.76. The van der Waals surface area contributed by atoms with Crippen molar-refractivity contribution in [1.29, 1.82) is 0 Å². The van der Waals surface area contributed by atoms with Crippen LogP contribution in [0.4, 0.5) is 0 Å². The van der Waals surface area contributed by atoms with Gasteiger partial charge < -0.3 is 4.74 Å². The third-order valence-corrected chi connectivity index (χ3v) is 3.01. The van der Waals surface area contributed by atoms with Crippen molar-refractivity contribution in [2.75, 3.05) is 0 Å². The highest BCUT2D eigenvalue weighted by molar-refractivity contribution is 5.36. The van der Waals surface area contributed by atoms with Crippen LogP contribution in [0.3, 0.4) is 0 Å². The molecule has 1 nitrogen and oxygen atoms in total. The molecule has 0 atom stereocenters. The van der Waals surface area contributed by atoms with Crippen LogP contribution in [-0.2, 0) is 6.61 Å². The summed E-state index contributed by atoms with van der Waals surface area (Å²) in [6, 6.07) is 12.8. The molecule has 0 aliphatic heterocycles. The van der Waals surface area contributed by atoms with Gasteiger partial charge in [-0.2, -0.15) is 0 Å². The highest BCUT2D eigenvalue weighted by Crippen LogP contribution is 2.20. The summed E-state index contributed by atoms with van der Waals surface area (Å²) in [7, 11) is 0. The van der Waals surface area contributed by atoms with E-state index in [0.29, 0.717) is 6.61 Å². The monoisotopic (exact) mass is 240 g/mol. The number of ether oxygens (including phenoxy) is 1. The first-order chi connectivity index (χ1) is 8.54. The lowest BCUT2D eigenvalue weighted by molar-refractivity contribution is 0.304. The molecule has 2 aromatic rings. The second-order valence-corrected chi connectivity index (χ2v) is 5.05. The molecule has 0 unspecified atom stereocenters. The van der Waals surface area contributed by atoms with Crippen LogP contribution in [0.15, 0.2) is 36.4 Å². The van der Waals surface area contributed by atoms with Crippen molar-refractivity contribution < 1.29 is 4.74 Å². The Bertz CT molecular complexity index is 535. The minimum absolute atomic E-state index is 0.631. The van der Waals surface area contributed by atoms with E-state index in [-0.39, 0.29) is 0 Å². The Balaban J connectivity index is 2.11. The Labute approximate surface area is 109 Å². The van der Waals surface area contributed by atoms with Crippen LogP contribution in [0.25, 0.3) is 0 Å². The van der Waals surface area contributed by atoms with Crippen LogP contribution in [0.1, 0.15) is 27.8 Å². The van der Waals surface area contributed by atoms with Crippen molar-refractivity contribution in [2.24, 2.45) is 0 Å². The van der Waals surface area contributed by atoms with Gasteiger partial charge in [0.1, 0.15) is 12.4 Å². The summed E-state index contributed by atoms with van der Waals surface area (Å²) in [6.45, 7) is 9.05. The number of hydrogen-bond acceptors (Lipinski definition) is 1. The van der Waals surface area contributed by atoms with Crippen LogP contribution in [0.5, 0.6) is 5.75 Å². The van der Waals surface area contributed by atoms with Crippen molar-refractivity contribution in [3.63, 3.8) is 0 Å². The highest BCUT2D eigenvalue weighted by Gasteiger charge is 2.01. The van der Waals surface area contributed by atoms with Gasteiger partial charge in [-0.1, -0.05) is 47.0 Å². The van der Waals surface area contributed by atoms with E-state index in [1.807, 2.05) is 6.07 Å². The first-order valence-corrected chi connectivity index (χ1v) is 6.32. The molecule has 0 aliphatic rings. The molecule has 2 rings (SSSR count). The molecule has 18 heavy (non-hydrogen) atoms. The number of aryl methyl sites for hydroxylation is 4. The third kappa shape index (κ3) is 3.13. The molecule has 0 heterocycles. The van der Waals surface area contributed by atoms with Crippen molar-refractivity contribution in [1.82, 2.24) is 0 Å². The molecular formula is C17H20O. The first kappa shape index (κ1) is 12.7. The molecule has 0 N–H and O–H groups in total. The molecule has 94 valence electrons. The van der Waals surface area contributed by atoms with E-state index >= 15 is 0 Å². The van der Waals surface area contributed by atoms with Gasteiger partial charge in [-0.15, -0.1) is 0 Å². The van der Waals surface area contributed by atoms with Gasteiger partial charge in [0.05, 0.1) is 0 Å². The van der Waals surface area contributed by atoms with Crippen LogP contribution < -0.4 is 4.74 Å². The highest BCUT2D eigenvalue weighted by atomic mass is 16.5. The van der Waals surface area contributed by atoms with Crippen LogP contribution in [0, 0.1) is 27.7 Å². The molecule has 0 spiro atoms. The lowest BCUT2D eigenvalue weighted by Crippen LogP contribution is -1.98. The predicted molar refractivity (Wildman–Crippen MR) is 76.2 cm³/mol. The first-order valence-electron chi connectivity index (χ1n) is 6.32. The van der Waals surface area contributed by atoms with Crippen molar-refractivity contribution in [3.8, 4) is 5.75 Å². The van der Waals surface area contributed by atoms with Crippen molar-refractivity contribution in [3.05, 3.63) is 64.2 Å². The van der Waals surface area contributed by atoms with E-state index in [9.17, 15) is 0 Å². The van der Waals surface area contributed by atoms with Crippen molar-refractivity contribution in [2.45, 2.75) is 34.3 Å². The molecule has 2 aromatic carbocycles. The maximum Gasteiger partial charge on any atom is 0.122 e. The molecule has 0 aliphatic carbocycles. The largest absolute Gasteiger partial charge is 0.489 e. The zero-order chi connectivity index (χ0) is 13.1. The van der Waals surface area contributed by atoms with Gasteiger partial charge in [0.2, 0.25) is 0 Å². The molecule has 0 saturated carbocycles. The molecule has 0 fully saturated rings. The minimum atomic E-state index is 0.631. The standard InChI is InChI=1S/C17H20O/c1-12-5-6-17(15(4)8-12)18-11-16-9-13(2)7-14(3)10-16/h5-10H,11H2,1-4H3. The summed E-state index contributed by atoms with van der Waals surface area (Å²) >= 11 is 0. The average molecular weight is 240 g/mol. The van der Waals surface area contributed by atoms with E-state index < -0.39 is 0 Å². The molecule has 1 heteroatoms. The predicted octanol–water partition coefficient (Wildman–Crippen LogP) is 4.50. The summed E-state index contributed by atoms with van der Waals surface area (Å²) < 4.78 is 5.89. The summed E-state index contributed by atoms with van der Waals surface area (Å²) in [5, 5.41) is 0. The molecule has 0 saturated heterocycles. The van der Waals surface area contributed by atoms with E-state index in [2.05, 4.69) is 58.0 Å². The quantitative estimate of drug-likeness (QED) is 0.767. The minimum Gasteiger partial charge on any atom is -0.489 e. The zero-order valence-electron chi connectivity index (χ0n) is 11.6.